The standard InChI is InChI=1S/C20H19FN4O5S/c1-3-8-25-16(22)14(17(27)24-20(25)29)13(26)9-30-19(28)15-10(2)23-18(31-15)11-4-6-12(21)7-5-11/h4-7H,3,8-9,22H2,1-2H3,(H,24,27,29). The van der Waals surface area contributed by atoms with Crippen LogP contribution in [0.4, 0.5) is 10.2 Å². The summed E-state index contributed by atoms with van der Waals surface area (Å²) in [6, 6.07) is 5.63. The van der Waals surface area contributed by atoms with E-state index < -0.39 is 41.0 Å². The fourth-order valence-electron chi connectivity index (χ4n) is 2.87. The van der Waals surface area contributed by atoms with Gasteiger partial charge in [0.1, 0.15) is 27.1 Å². The number of aryl methyl sites for hydroxylation is 1. The zero-order valence-electron chi connectivity index (χ0n) is 16.7. The molecule has 0 saturated heterocycles. The maximum absolute atomic E-state index is 13.1. The number of ketones is 1. The largest absolute Gasteiger partial charge is 0.453 e. The molecule has 1 aromatic carbocycles. The number of Topliss-reactive ketones (excluding diaryl/α,β-unsaturated/α-hetero) is 1. The van der Waals surface area contributed by atoms with Gasteiger partial charge >= 0.3 is 11.7 Å². The number of H-pyrrole nitrogens is 1. The Morgan fingerprint density at radius 2 is 1.94 bits per heavy atom. The molecule has 3 N–H and O–H groups in total. The highest BCUT2D eigenvalue weighted by atomic mass is 32.1. The van der Waals surface area contributed by atoms with E-state index in [2.05, 4.69) is 4.98 Å². The van der Waals surface area contributed by atoms with Gasteiger partial charge in [0.15, 0.2) is 6.61 Å². The van der Waals surface area contributed by atoms with Crippen LogP contribution in [0, 0.1) is 12.7 Å². The lowest BCUT2D eigenvalue weighted by molar-refractivity contribution is 0.0478. The first-order chi connectivity index (χ1) is 14.7. The highest BCUT2D eigenvalue weighted by molar-refractivity contribution is 7.17. The van der Waals surface area contributed by atoms with Crippen molar-refractivity contribution in [2.24, 2.45) is 0 Å². The van der Waals surface area contributed by atoms with Crippen molar-refractivity contribution in [3.05, 3.63) is 67.1 Å². The minimum atomic E-state index is -0.941. The summed E-state index contributed by atoms with van der Waals surface area (Å²) >= 11 is 1.03. The minimum absolute atomic E-state index is 0.171. The van der Waals surface area contributed by atoms with Crippen LogP contribution >= 0.6 is 11.3 Å². The normalized spacial score (nSPS) is 10.8. The van der Waals surface area contributed by atoms with E-state index in [0.29, 0.717) is 22.7 Å². The van der Waals surface area contributed by atoms with Crippen molar-refractivity contribution < 1.29 is 18.7 Å². The second kappa shape index (κ2) is 9.04. The molecule has 0 saturated carbocycles. The zero-order valence-corrected chi connectivity index (χ0v) is 17.5. The highest BCUT2D eigenvalue weighted by Gasteiger charge is 2.23. The van der Waals surface area contributed by atoms with Crippen LogP contribution in [0.1, 0.15) is 39.1 Å². The molecule has 2 aromatic heterocycles. The van der Waals surface area contributed by atoms with E-state index in [-0.39, 0.29) is 17.2 Å². The molecule has 3 rings (SSSR count). The number of aromatic nitrogens is 3. The molecule has 3 aromatic rings. The third kappa shape index (κ3) is 4.61. The van der Waals surface area contributed by atoms with Gasteiger partial charge in [0, 0.05) is 12.1 Å². The van der Waals surface area contributed by atoms with Crippen LogP contribution in [-0.2, 0) is 11.3 Å². The fraction of sp³-hybridized carbons (Fsp3) is 0.250. The Hall–Kier alpha value is -3.60. The summed E-state index contributed by atoms with van der Waals surface area (Å²) < 4.78 is 19.2. The van der Waals surface area contributed by atoms with Crippen LogP contribution in [0.15, 0.2) is 33.9 Å². The number of hydrogen-bond acceptors (Lipinski definition) is 8. The number of nitrogens with zero attached hydrogens (tertiary/aromatic N) is 2. The average molecular weight is 446 g/mol. The van der Waals surface area contributed by atoms with Crippen molar-refractivity contribution in [1.82, 2.24) is 14.5 Å². The Labute approximate surface area is 179 Å². The van der Waals surface area contributed by atoms with E-state index >= 15 is 0 Å². The maximum atomic E-state index is 13.1. The number of esters is 1. The second-order valence-corrected chi connectivity index (χ2v) is 7.61. The van der Waals surface area contributed by atoms with E-state index in [1.165, 1.54) is 24.3 Å². The van der Waals surface area contributed by atoms with E-state index in [1.54, 1.807) is 13.8 Å². The first kappa shape index (κ1) is 22.1. The quantitative estimate of drug-likeness (QED) is 0.419. The number of hydrogen-bond donors (Lipinski definition) is 2. The van der Waals surface area contributed by atoms with Crippen LogP contribution < -0.4 is 17.0 Å². The smallest absolute Gasteiger partial charge is 0.350 e. The molecule has 0 bridgehead atoms. The summed E-state index contributed by atoms with van der Waals surface area (Å²) in [5, 5.41) is 0.489. The number of carbonyl (C=O) groups excluding carboxylic acids is 2. The van der Waals surface area contributed by atoms with Crippen LogP contribution in [0.5, 0.6) is 0 Å². The monoisotopic (exact) mass is 446 g/mol. The summed E-state index contributed by atoms with van der Waals surface area (Å²) in [7, 11) is 0. The van der Waals surface area contributed by atoms with Crippen LogP contribution in [0.3, 0.4) is 0 Å². The van der Waals surface area contributed by atoms with Gasteiger partial charge in [0.25, 0.3) is 5.56 Å². The molecule has 0 spiro atoms. The Morgan fingerprint density at radius 3 is 2.58 bits per heavy atom. The molecular weight excluding hydrogens is 427 g/mol. The second-order valence-electron chi connectivity index (χ2n) is 6.61. The Balaban J connectivity index is 1.78. The van der Waals surface area contributed by atoms with Gasteiger partial charge in [-0.05, 0) is 37.6 Å². The van der Waals surface area contributed by atoms with Gasteiger partial charge in [0.2, 0.25) is 5.78 Å². The van der Waals surface area contributed by atoms with E-state index in [9.17, 15) is 23.6 Å². The Kier molecular flexibility index (Phi) is 6.44. The molecule has 0 radical (unpaired) electrons. The molecule has 0 amide bonds. The lowest BCUT2D eigenvalue weighted by atomic mass is 10.2. The number of nitrogens with one attached hydrogen (secondary N) is 1. The molecular formula is C20H19FN4O5S. The molecule has 0 atom stereocenters. The van der Waals surface area contributed by atoms with Crippen LogP contribution in [0.25, 0.3) is 10.6 Å². The van der Waals surface area contributed by atoms with E-state index in [1.807, 2.05) is 4.98 Å². The molecule has 0 unspecified atom stereocenters. The molecule has 0 fully saturated rings. The van der Waals surface area contributed by atoms with Crippen LogP contribution in [-0.4, -0.2) is 32.9 Å². The number of nitrogens with two attached hydrogens (primary N) is 1. The van der Waals surface area contributed by atoms with Gasteiger partial charge in [-0.2, -0.15) is 0 Å². The van der Waals surface area contributed by atoms with Crippen molar-refractivity contribution in [2.75, 3.05) is 12.3 Å². The van der Waals surface area contributed by atoms with Crippen molar-refractivity contribution in [1.29, 1.82) is 0 Å². The number of benzene rings is 1. The van der Waals surface area contributed by atoms with Crippen molar-refractivity contribution in [3.63, 3.8) is 0 Å². The van der Waals surface area contributed by atoms with Gasteiger partial charge in [0.05, 0.1) is 5.69 Å². The van der Waals surface area contributed by atoms with Crippen molar-refractivity contribution in [2.45, 2.75) is 26.8 Å². The Bertz CT molecular complexity index is 1260. The minimum Gasteiger partial charge on any atom is -0.453 e. The molecule has 162 valence electrons. The van der Waals surface area contributed by atoms with E-state index in [0.717, 1.165) is 15.9 Å². The average Bonchev–Trinajstić information content (AvgIpc) is 3.11. The van der Waals surface area contributed by atoms with Crippen molar-refractivity contribution in [3.8, 4) is 10.6 Å². The summed E-state index contributed by atoms with van der Waals surface area (Å²) in [5.74, 6) is -2.30. The molecule has 31 heavy (non-hydrogen) atoms. The zero-order chi connectivity index (χ0) is 22.7. The summed E-state index contributed by atoms with van der Waals surface area (Å²) in [5.41, 5.74) is 4.76. The van der Waals surface area contributed by atoms with Crippen molar-refractivity contribution >= 4 is 28.9 Å². The predicted octanol–water partition coefficient (Wildman–Crippen LogP) is 2.14. The number of anilines is 1. The molecule has 0 aliphatic rings. The first-order valence-electron chi connectivity index (χ1n) is 9.29. The van der Waals surface area contributed by atoms with Crippen LogP contribution in [0.2, 0.25) is 0 Å². The number of halogens is 1. The molecule has 0 aliphatic heterocycles. The molecule has 0 aliphatic carbocycles. The lowest BCUT2D eigenvalue weighted by Crippen LogP contribution is -2.37. The number of nitrogen functional groups attached to an aromatic ring is 1. The summed E-state index contributed by atoms with van der Waals surface area (Å²) in [6.07, 6.45) is 0.555. The molecule has 11 heteroatoms. The van der Waals surface area contributed by atoms with Gasteiger partial charge in [-0.3, -0.25) is 19.1 Å². The third-order valence-corrected chi connectivity index (χ3v) is 5.56. The number of ether oxygens (including phenoxy) is 1. The first-order valence-corrected chi connectivity index (χ1v) is 10.1. The van der Waals surface area contributed by atoms with Gasteiger partial charge in [-0.15, -0.1) is 11.3 Å². The van der Waals surface area contributed by atoms with Gasteiger partial charge in [-0.1, -0.05) is 6.92 Å². The van der Waals surface area contributed by atoms with Gasteiger partial charge in [-0.25, -0.2) is 19.0 Å². The van der Waals surface area contributed by atoms with E-state index in [4.69, 9.17) is 10.5 Å². The Morgan fingerprint density at radius 1 is 1.26 bits per heavy atom. The number of carbonyl (C=O) groups is 2. The number of aromatic amines is 1. The maximum Gasteiger partial charge on any atom is 0.350 e. The lowest BCUT2D eigenvalue weighted by Gasteiger charge is -2.11. The highest BCUT2D eigenvalue weighted by Crippen LogP contribution is 2.28. The van der Waals surface area contributed by atoms with Gasteiger partial charge < -0.3 is 10.5 Å². The fourth-order valence-corrected chi connectivity index (χ4v) is 3.84. The summed E-state index contributed by atoms with van der Waals surface area (Å²) in [4.78, 5) is 55.4. The topological polar surface area (TPSA) is 137 Å². The molecule has 2 heterocycles. The predicted molar refractivity (Wildman–Crippen MR) is 113 cm³/mol. The number of thiazole rings is 1. The third-order valence-electron chi connectivity index (χ3n) is 4.37. The molecule has 9 nitrogen and oxygen atoms in total. The summed E-state index contributed by atoms with van der Waals surface area (Å²) in [6.45, 7) is 2.89. The number of rotatable bonds is 7. The SMILES string of the molecule is CCCn1c(N)c(C(=O)COC(=O)c2sc(-c3ccc(F)cc3)nc2C)c(=O)[nH]c1=O.